The third-order valence-electron chi connectivity index (χ3n) is 3.78. The van der Waals surface area contributed by atoms with Crippen molar-refractivity contribution >= 4 is 11.3 Å². The van der Waals surface area contributed by atoms with Crippen molar-refractivity contribution < 1.29 is 13.2 Å². The highest BCUT2D eigenvalue weighted by atomic mass is 32.1. The lowest BCUT2D eigenvalue weighted by Gasteiger charge is -2.23. The Hall–Kier alpha value is -1.41. The predicted octanol–water partition coefficient (Wildman–Crippen LogP) is 3.02. The van der Waals surface area contributed by atoms with Crippen molar-refractivity contribution in [2.75, 3.05) is 6.54 Å². The Morgan fingerprint density at radius 1 is 1.45 bits per heavy atom. The molecule has 0 saturated carbocycles. The summed E-state index contributed by atoms with van der Waals surface area (Å²) in [6.45, 7) is 4.10. The zero-order chi connectivity index (χ0) is 15.7. The molecule has 3 heterocycles. The molecule has 1 N–H and O–H groups in total. The van der Waals surface area contributed by atoms with E-state index in [1.807, 2.05) is 13.1 Å². The topological polar surface area (TPSA) is 42.7 Å². The summed E-state index contributed by atoms with van der Waals surface area (Å²) in [6.07, 6.45) is 0.0960. The van der Waals surface area contributed by atoms with E-state index in [0.29, 0.717) is 24.7 Å². The van der Waals surface area contributed by atoms with Crippen LogP contribution >= 0.6 is 11.3 Å². The largest absolute Gasteiger partial charge is 0.434 e. The fourth-order valence-corrected chi connectivity index (χ4v) is 3.47. The van der Waals surface area contributed by atoms with Crippen LogP contribution in [0, 0.1) is 12.8 Å². The summed E-state index contributed by atoms with van der Waals surface area (Å²) in [5.41, 5.74) is -0.781. The monoisotopic (exact) mass is 330 g/mol. The van der Waals surface area contributed by atoms with Gasteiger partial charge >= 0.3 is 6.18 Å². The first kappa shape index (κ1) is 15.5. The molecule has 0 bridgehead atoms. The first-order chi connectivity index (χ1) is 10.4. The molecule has 3 rings (SSSR count). The molecule has 120 valence electrons. The molecule has 0 amide bonds. The van der Waals surface area contributed by atoms with E-state index in [-0.39, 0.29) is 0 Å². The van der Waals surface area contributed by atoms with Gasteiger partial charge in [0, 0.05) is 43.3 Å². The maximum absolute atomic E-state index is 12.7. The summed E-state index contributed by atoms with van der Waals surface area (Å²) in [7, 11) is 0. The van der Waals surface area contributed by atoms with E-state index in [4.69, 9.17) is 0 Å². The highest BCUT2D eigenvalue weighted by Gasteiger charge is 2.35. The smallest absolute Gasteiger partial charge is 0.334 e. The van der Waals surface area contributed by atoms with Gasteiger partial charge in [-0.1, -0.05) is 0 Å². The zero-order valence-corrected chi connectivity index (χ0v) is 13.0. The average Bonchev–Trinajstić information content (AvgIpc) is 3.04. The van der Waals surface area contributed by atoms with Gasteiger partial charge in [-0.15, -0.1) is 11.3 Å². The Labute approximate surface area is 130 Å². The number of alkyl halides is 3. The fourth-order valence-electron chi connectivity index (χ4n) is 2.70. The van der Waals surface area contributed by atoms with Gasteiger partial charge in [-0.25, -0.2) is 9.97 Å². The van der Waals surface area contributed by atoms with Crippen LogP contribution in [0.15, 0.2) is 12.4 Å². The summed E-state index contributed by atoms with van der Waals surface area (Å²) >= 11 is 1.66. The quantitative estimate of drug-likeness (QED) is 0.937. The molecule has 0 saturated heterocycles. The number of nitrogens with one attached hydrogen (secondary N) is 1. The highest BCUT2D eigenvalue weighted by Crippen LogP contribution is 2.30. The van der Waals surface area contributed by atoms with Crippen LogP contribution in [0.3, 0.4) is 0 Å². The third-order valence-corrected chi connectivity index (χ3v) is 4.69. The van der Waals surface area contributed by atoms with Crippen LogP contribution in [0.4, 0.5) is 13.2 Å². The van der Waals surface area contributed by atoms with E-state index >= 15 is 0 Å². The molecule has 2 aromatic heterocycles. The fraction of sp³-hybridized carbons (Fsp3) is 0.571. The normalized spacial score (nSPS) is 18.5. The van der Waals surface area contributed by atoms with Gasteiger partial charge in [0.2, 0.25) is 0 Å². The number of thiazole rings is 1. The molecule has 1 aliphatic heterocycles. The maximum Gasteiger partial charge on any atom is 0.434 e. The molecule has 22 heavy (non-hydrogen) atoms. The predicted molar refractivity (Wildman–Crippen MR) is 77.6 cm³/mol. The molecule has 0 unspecified atom stereocenters. The van der Waals surface area contributed by atoms with Gasteiger partial charge in [0.05, 0.1) is 5.01 Å². The molecule has 0 fully saturated rings. The number of hydrogen-bond acceptors (Lipinski definition) is 4. The molecule has 4 nitrogen and oxygen atoms in total. The van der Waals surface area contributed by atoms with Gasteiger partial charge in [-0.3, -0.25) is 0 Å². The molecule has 1 atom stereocenters. The third kappa shape index (κ3) is 3.49. The zero-order valence-electron chi connectivity index (χ0n) is 12.2. The molecule has 0 spiro atoms. The van der Waals surface area contributed by atoms with Gasteiger partial charge in [0.15, 0.2) is 5.69 Å². The molecule has 2 aromatic rings. The maximum atomic E-state index is 12.7. The first-order valence-electron chi connectivity index (χ1n) is 7.17. The second kappa shape index (κ2) is 6.00. The Kier molecular flexibility index (Phi) is 4.22. The van der Waals surface area contributed by atoms with Crippen LogP contribution < -0.4 is 5.32 Å². The minimum absolute atomic E-state index is 0.330. The molecule has 8 heteroatoms. The molecular weight excluding hydrogens is 313 g/mol. The molecular formula is C14H17F3N4S. The van der Waals surface area contributed by atoms with Gasteiger partial charge in [0.25, 0.3) is 0 Å². The van der Waals surface area contributed by atoms with E-state index in [0.717, 1.165) is 30.7 Å². The van der Waals surface area contributed by atoms with Crippen LogP contribution in [0.25, 0.3) is 0 Å². The number of aryl methyl sites for hydroxylation is 2. The molecule has 1 aliphatic rings. The average molecular weight is 330 g/mol. The van der Waals surface area contributed by atoms with Crippen LogP contribution in [-0.2, 0) is 25.7 Å². The number of halogens is 3. The molecule has 0 aromatic carbocycles. The van der Waals surface area contributed by atoms with Crippen molar-refractivity contribution in [1.82, 2.24) is 19.9 Å². The highest BCUT2D eigenvalue weighted by molar-refractivity contribution is 7.11. The summed E-state index contributed by atoms with van der Waals surface area (Å²) in [5.74, 6) is 0.874. The molecule has 0 aliphatic carbocycles. The summed E-state index contributed by atoms with van der Waals surface area (Å²) in [5, 5.41) is 4.41. The lowest BCUT2D eigenvalue weighted by atomic mass is 9.99. The van der Waals surface area contributed by atoms with E-state index < -0.39 is 11.9 Å². The van der Waals surface area contributed by atoms with Crippen molar-refractivity contribution in [3.63, 3.8) is 0 Å². The van der Waals surface area contributed by atoms with E-state index in [2.05, 4.69) is 15.3 Å². The molecule has 0 radical (unpaired) electrons. The number of nitrogens with zero attached hydrogens (tertiary/aromatic N) is 3. The second-order valence-corrected chi connectivity index (χ2v) is 6.89. The Morgan fingerprint density at radius 3 is 2.95 bits per heavy atom. The second-order valence-electron chi connectivity index (χ2n) is 5.57. The Bertz CT molecular complexity index is 647. The van der Waals surface area contributed by atoms with Crippen molar-refractivity contribution in [1.29, 1.82) is 0 Å². The van der Waals surface area contributed by atoms with Gasteiger partial charge in [-0.2, -0.15) is 13.2 Å². The number of rotatable bonds is 4. The van der Waals surface area contributed by atoms with Crippen molar-refractivity contribution in [3.8, 4) is 0 Å². The summed E-state index contributed by atoms with van der Waals surface area (Å²) < 4.78 is 39.7. The van der Waals surface area contributed by atoms with Crippen molar-refractivity contribution in [3.05, 3.63) is 33.8 Å². The van der Waals surface area contributed by atoms with E-state index in [1.165, 1.54) is 4.88 Å². The minimum atomic E-state index is -4.36. The van der Waals surface area contributed by atoms with Crippen LogP contribution in [0.2, 0.25) is 0 Å². The van der Waals surface area contributed by atoms with E-state index in [9.17, 15) is 13.2 Å². The number of imidazole rings is 1. The Balaban J connectivity index is 1.54. The van der Waals surface area contributed by atoms with Crippen molar-refractivity contribution in [2.24, 2.45) is 5.92 Å². The van der Waals surface area contributed by atoms with Gasteiger partial charge in [0.1, 0.15) is 5.82 Å². The van der Waals surface area contributed by atoms with Crippen LogP contribution in [0.1, 0.15) is 27.8 Å². The summed E-state index contributed by atoms with van der Waals surface area (Å²) in [6, 6.07) is 0. The first-order valence-corrected chi connectivity index (χ1v) is 7.99. The van der Waals surface area contributed by atoms with Crippen LogP contribution in [-0.4, -0.2) is 21.1 Å². The summed E-state index contributed by atoms with van der Waals surface area (Å²) in [4.78, 5) is 9.07. The number of aromatic nitrogens is 3. The van der Waals surface area contributed by atoms with Crippen LogP contribution in [0.5, 0.6) is 0 Å². The lowest BCUT2D eigenvalue weighted by Crippen LogP contribution is -2.29. The minimum Gasteiger partial charge on any atom is -0.334 e. The standard InChI is InChI=1S/C14H17F3N4S/c1-9-19-6-11(22-9)5-18-4-10-2-3-13-20-12(14(15,16)17)8-21(13)7-10/h6,8,10,18H,2-5,7H2,1H3/t10-/m0/s1. The number of fused-ring (bicyclic) bond motifs is 1. The Morgan fingerprint density at radius 2 is 2.27 bits per heavy atom. The van der Waals surface area contributed by atoms with Gasteiger partial charge < -0.3 is 9.88 Å². The van der Waals surface area contributed by atoms with Gasteiger partial charge in [-0.05, 0) is 19.3 Å². The van der Waals surface area contributed by atoms with E-state index in [1.54, 1.807) is 15.9 Å². The van der Waals surface area contributed by atoms with Crippen molar-refractivity contribution in [2.45, 2.75) is 39.0 Å². The number of hydrogen-bond donors (Lipinski definition) is 1. The lowest BCUT2D eigenvalue weighted by molar-refractivity contribution is -0.141. The SMILES string of the molecule is Cc1ncc(CNC[C@@H]2CCc3nc(C(F)(F)F)cn3C2)s1.